The van der Waals surface area contributed by atoms with Gasteiger partial charge < -0.3 is 4.74 Å². The standard InChI is InChI=1S/C16H18O.ClH3Si/c1-16(2,3)17-15-12-8-7-11-14(15)13-9-5-4-6-10-13;1-2/h4-12H,1-3H3;2H3. The number of para-hydroxylation sites is 1. The van der Waals surface area contributed by atoms with E-state index in [1.54, 1.807) is 0 Å². The predicted octanol–water partition coefficient (Wildman–Crippen LogP) is 4.04. The molecule has 0 aliphatic rings. The zero-order valence-corrected chi connectivity index (χ0v) is 14.7. The van der Waals surface area contributed by atoms with Crippen LogP contribution in [0.2, 0.25) is 0 Å². The van der Waals surface area contributed by atoms with Crippen LogP contribution in [0.1, 0.15) is 20.8 Å². The highest BCUT2D eigenvalue weighted by atomic mass is 35.6. The maximum Gasteiger partial charge on any atom is 0.127 e. The maximum atomic E-state index is 5.99. The van der Waals surface area contributed by atoms with E-state index in [1.165, 1.54) is 5.56 Å². The largest absolute Gasteiger partial charge is 0.488 e. The summed E-state index contributed by atoms with van der Waals surface area (Å²) < 4.78 is 5.99. The third-order valence-electron chi connectivity index (χ3n) is 2.39. The summed E-state index contributed by atoms with van der Waals surface area (Å²) in [6.07, 6.45) is 0. The van der Waals surface area contributed by atoms with Crippen LogP contribution in [0.3, 0.4) is 0 Å². The van der Waals surface area contributed by atoms with Crippen molar-refractivity contribution in [3.63, 3.8) is 0 Å². The predicted molar refractivity (Wildman–Crippen MR) is 88.1 cm³/mol. The third kappa shape index (κ3) is 5.09. The minimum absolute atomic E-state index is 0.176. The van der Waals surface area contributed by atoms with E-state index in [1.807, 2.05) is 36.4 Å². The summed E-state index contributed by atoms with van der Waals surface area (Å²) in [6.45, 7) is 6.19. The Kier molecular flexibility index (Phi) is 6.12. The van der Waals surface area contributed by atoms with Crippen LogP contribution in [0.25, 0.3) is 11.1 Å². The average molecular weight is 293 g/mol. The van der Waals surface area contributed by atoms with Crippen molar-refractivity contribution < 1.29 is 4.74 Å². The molecule has 19 heavy (non-hydrogen) atoms. The van der Waals surface area contributed by atoms with Gasteiger partial charge in [-0.2, -0.15) is 11.1 Å². The van der Waals surface area contributed by atoms with Crippen molar-refractivity contribution in [2.24, 2.45) is 0 Å². The highest BCUT2D eigenvalue weighted by molar-refractivity contribution is 6.80. The summed E-state index contributed by atoms with van der Waals surface area (Å²) in [6, 6.07) is 18.5. The molecule has 0 aliphatic carbocycles. The lowest BCUT2D eigenvalue weighted by Crippen LogP contribution is -2.23. The molecule has 0 spiro atoms. The van der Waals surface area contributed by atoms with E-state index in [0.29, 0.717) is 0 Å². The van der Waals surface area contributed by atoms with Crippen molar-refractivity contribution >= 4 is 20.6 Å². The van der Waals surface area contributed by atoms with Gasteiger partial charge in [-0.05, 0) is 32.4 Å². The number of halogens is 1. The van der Waals surface area contributed by atoms with Crippen LogP contribution in [0.4, 0.5) is 0 Å². The molecule has 0 saturated carbocycles. The summed E-state index contributed by atoms with van der Waals surface area (Å²) in [5.41, 5.74) is 2.15. The number of rotatable bonds is 2. The minimum Gasteiger partial charge on any atom is -0.488 e. The number of benzene rings is 2. The van der Waals surface area contributed by atoms with Crippen molar-refractivity contribution in [2.45, 2.75) is 26.4 Å². The average Bonchev–Trinajstić information content (AvgIpc) is 2.41. The first-order valence-electron chi connectivity index (χ1n) is 6.27. The van der Waals surface area contributed by atoms with E-state index in [-0.39, 0.29) is 5.60 Å². The highest BCUT2D eigenvalue weighted by Gasteiger charge is 2.14. The van der Waals surface area contributed by atoms with E-state index < -0.39 is 0 Å². The van der Waals surface area contributed by atoms with Crippen LogP contribution in [-0.2, 0) is 0 Å². The van der Waals surface area contributed by atoms with E-state index >= 15 is 0 Å². The Morgan fingerprint density at radius 1 is 0.842 bits per heavy atom. The van der Waals surface area contributed by atoms with Gasteiger partial charge in [-0.15, -0.1) is 0 Å². The van der Waals surface area contributed by atoms with Crippen molar-refractivity contribution in [1.82, 2.24) is 0 Å². The van der Waals surface area contributed by atoms with E-state index in [2.05, 4.69) is 39.0 Å². The van der Waals surface area contributed by atoms with Gasteiger partial charge in [0.25, 0.3) is 0 Å². The number of ether oxygens (including phenoxy) is 1. The molecule has 2 aromatic carbocycles. The van der Waals surface area contributed by atoms with Crippen molar-refractivity contribution in [1.29, 1.82) is 0 Å². The molecule has 0 N–H and O–H groups in total. The minimum atomic E-state index is -0.176. The second-order valence-corrected chi connectivity index (χ2v) is 5.08. The lowest BCUT2D eigenvalue weighted by atomic mass is 10.0. The summed E-state index contributed by atoms with van der Waals surface area (Å²) in [5.74, 6) is 0.936. The molecule has 0 aliphatic heterocycles. The van der Waals surface area contributed by atoms with Crippen molar-refractivity contribution in [2.75, 3.05) is 0 Å². The fourth-order valence-corrected chi connectivity index (χ4v) is 1.74. The Labute approximate surface area is 123 Å². The molecule has 2 rings (SSSR count). The Hall–Kier alpha value is -1.25. The second-order valence-electron chi connectivity index (χ2n) is 5.08. The highest BCUT2D eigenvalue weighted by Crippen LogP contribution is 2.31. The van der Waals surface area contributed by atoms with Gasteiger partial charge in [0, 0.05) is 5.56 Å². The zero-order chi connectivity index (χ0) is 14.3. The first-order chi connectivity index (χ1) is 9.06. The monoisotopic (exact) mass is 292 g/mol. The molecule has 0 amide bonds. The lowest BCUT2D eigenvalue weighted by molar-refractivity contribution is 0.132. The topological polar surface area (TPSA) is 9.23 Å². The molecule has 0 radical (unpaired) electrons. The van der Waals surface area contributed by atoms with E-state index in [0.717, 1.165) is 20.9 Å². The van der Waals surface area contributed by atoms with Crippen molar-refractivity contribution in [3.8, 4) is 16.9 Å². The summed E-state index contributed by atoms with van der Waals surface area (Å²) in [5, 5.41) is 0. The lowest BCUT2D eigenvalue weighted by Gasteiger charge is -2.23. The fourth-order valence-electron chi connectivity index (χ4n) is 1.74. The van der Waals surface area contributed by atoms with Gasteiger partial charge >= 0.3 is 0 Å². The zero-order valence-electron chi connectivity index (χ0n) is 12.0. The molecule has 3 heteroatoms. The first kappa shape index (κ1) is 15.8. The molecule has 0 atom stereocenters. The van der Waals surface area contributed by atoms with E-state index in [4.69, 9.17) is 15.8 Å². The van der Waals surface area contributed by atoms with Crippen LogP contribution in [0.5, 0.6) is 5.75 Å². The molecule has 0 fully saturated rings. The van der Waals surface area contributed by atoms with Crippen molar-refractivity contribution in [3.05, 3.63) is 54.6 Å². The molecule has 0 saturated heterocycles. The molecule has 102 valence electrons. The Bertz CT molecular complexity index is 492. The Morgan fingerprint density at radius 3 is 1.95 bits per heavy atom. The molecular weight excluding hydrogens is 272 g/mol. The van der Waals surface area contributed by atoms with Crippen LogP contribution in [0.15, 0.2) is 54.6 Å². The molecular formula is C16H21ClOSi. The Balaban J connectivity index is 0.000000861. The molecule has 1 nitrogen and oxygen atoms in total. The van der Waals surface area contributed by atoms with E-state index in [9.17, 15) is 0 Å². The molecule has 2 aromatic rings. The van der Waals surface area contributed by atoms with Gasteiger partial charge in [-0.25, -0.2) is 0 Å². The van der Waals surface area contributed by atoms with Gasteiger partial charge in [0.2, 0.25) is 0 Å². The first-order valence-corrected chi connectivity index (χ1v) is 9.30. The number of hydrogen-bond acceptors (Lipinski definition) is 1. The quantitative estimate of drug-likeness (QED) is 0.600. The summed E-state index contributed by atoms with van der Waals surface area (Å²) >= 11 is 4.78. The SMILES string of the molecule is CC(C)(C)Oc1ccccc1-c1ccccc1.[SiH3]Cl. The van der Waals surface area contributed by atoms with Crippen LogP contribution >= 0.6 is 11.1 Å². The van der Waals surface area contributed by atoms with Gasteiger partial charge in [0.1, 0.15) is 20.9 Å². The smallest absolute Gasteiger partial charge is 0.127 e. The number of hydrogen-bond donors (Lipinski definition) is 0. The maximum absolute atomic E-state index is 5.99. The van der Waals surface area contributed by atoms with Gasteiger partial charge in [0.15, 0.2) is 0 Å². The van der Waals surface area contributed by atoms with Crippen LogP contribution in [0, 0.1) is 0 Å². The van der Waals surface area contributed by atoms with Gasteiger partial charge in [-0.1, -0.05) is 48.5 Å². The summed E-state index contributed by atoms with van der Waals surface area (Å²) in [4.78, 5) is 0. The normalized spacial score (nSPS) is 10.5. The van der Waals surface area contributed by atoms with Crippen LogP contribution < -0.4 is 4.74 Å². The fraction of sp³-hybridized carbons (Fsp3) is 0.250. The van der Waals surface area contributed by atoms with Gasteiger partial charge in [0.05, 0.1) is 0 Å². The molecule has 0 heterocycles. The van der Waals surface area contributed by atoms with Gasteiger partial charge in [-0.3, -0.25) is 0 Å². The molecule has 0 unspecified atom stereocenters. The van der Waals surface area contributed by atoms with Crippen LogP contribution in [-0.4, -0.2) is 15.2 Å². The summed E-state index contributed by atoms with van der Waals surface area (Å²) in [7, 11) is 0.778. The third-order valence-corrected chi connectivity index (χ3v) is 2.39. The molecule has 0 aromatic heterocycles. The molecule has 0 bridgehead atoms. The Morgan fingerprint density at radius 2 is 1.37 bits per heavy atom. The second kappa shape index (κ2) is 7.36.